The summed E-state index contributed by atoms with van der Waals surface area (Å²) in [5.41, 5.74) is 1.68. The maximum absolute atomic E-state index is 5.48. The molecule has 4 heterocycles. The minimum absolute atomic E-state index is 0.392. The number of nitrogens with zero attached hydrogens (tertiary/aromatic N) is 5. The van der Waals surface area contributed by atoms with Gasteiger partial charge in [-0.05, 0) is 19.9 Å². The Morgan fingerprint density at radius 2 is 2.29 bits per heavy atom. The third-order valence-electron chi connectivity index (χ3n) is 3.98. The fourth-order valence-electron chi connectivity index (χ4n) is 2.83. The monoisotopic (exact) mass is 325 g/mol. The van der Waals surface area contributed by atoms with Crippen LogP contribution >= 0.6 is 0 Å². The molecule has 1 fully saturated rings. The molecule has 0 radical (unpaired) electrons. The van der Waals surface area contributed by atoms with Gasteiger partial charge in [0, 0.05) is 18.7 Å². The van der Waals surface area contributed by atoms with Crippen molar-refractivity contribution in [2.45, 2.75) is 19.4 Å². The fourth-order valence-corrected chi connectivity index (χ4v) is 2.83. The summed E-state index contributed by atoms with van der Waals surface area (Å²) in [6.45, 7) is 4.48. The van der Waals surface area contributed by atoms with Crippen molar-refractivity contribution >= 4 is 16.9 Å². The maximum Gasteiger partial charge on any atom is 0.215 e. The standard InChI is InChI=1S/C16H19N7O/c1-2-24-16-5-13-12(7-19-16)20-10-23(13)15-9-18-8-14(22-15)21-11-3-4-17-6-11/h5,7-11,17H,2-4,6H2,1H3,(H,21,22)/t11-/m1/s1. The van der Waals surface area contributed by atoms with Crippen molar-refractivity contribution in [3.05, 3.63) is 31.0 Å². The van der Waals surface area contributed by atoms with Gasteiger partial charge < -0.3 is 15.4 Å². The molecule has 4 rings (SSSR count). The van der Waals surface area contributed by atoms with E-state index in [-0.39, 0.29) is 0 Å². The van der Waals surface area contributed by atoms with Gasteiger partial charge in [-0.2, -0.15) is 0 Å². The zero-order chi connectivity index (χ0) is 16.4. The van der Waals surface area contributed by atoms with Gasteiger partial charge in [-0.25, -0.2) is 15.0 Å². The van der Waals surface area contributed by atoms with E-state index in [1.54, 1.807) is 24.9 Å². The van der Waals surface area contributed by atoms with Crippen LogP contribution in [0.2, 0.25) is 0 Å². The van der Waals surface area contributed by atoms with Gasteiger partial charge in [0.2, 0.25) is 5.88 Å². The van der Waals surface area contributed by atoms with E-state index in [2.05, 4.69) is 30.6 Å². The van der Waals surface area contributed by atoms with E-state index in [0.717, 1.165) is 36.4 Å². The minimum Gasteiger partial charge on any atom is -0.478 e. The number of imidazole rings is 1. The Labute approximate surface area is 139 Å². The number of hydrogen-bond acceptors (Lipinski definition) is 7. The van der Waals surface area contributed by atoms with Gasteiger partial charge in [0.1, 0.15) is 17.7 Å². The molecule has 1 aliphatic rings. The van der Waals surface area contributed by atoms with Gasteiger partial charge in [-0.15, -0.1) is 0 Å². The molecule has 8 nitrogen and oxygen atoms in total. The molecule has 0 amide bonds. The van der Waals surface area contributed by atoms with Crippen molar-refractivity contribution in [3.8, 4) is 11.7 Å². The van der Waals surface area contributed by atoms with Crippen LogP contribution in [0.25, 0.3) is 16.9 Å². The average Bonchev–Trinajstić information content (AvgIpc) is 3.24. The first kappa shape index (κ1) is 14.8. The van der Waals surface area contributed by atoms with Crippen LogP contribution in [0.1, 0.15) is 13.3 Å². The lowest BCUT2D eigenvalue weighted by Gasteiger charge is -2.12. The van der Waals surface area contributed by atoms with Crippen molar-refractivity contribution in [2.75, 3.05) is 25.0 Å². The smallest absolute Gasteiger partial charge is 0.215 e. The van der Waals surface area contributed by atoms with Crippen LogP contribution in [0.15, 0.2) is 31.0 Å². The van der Waals surface area contributed by atoms with Gasteiger partial charge in [-0.1, -0.05) is 0 Å². The first-order chi connectivity index (χ1) is 11.8. The molecule has 2 N–H and O–H groups in total. The molecule has 3 aromatic rings. The first-order valence-electron chi connectivity index (χ1n) is 8.09. The third kappa shape index (κ3) is 2.88. The van der Waals surface area contributed by atoms with E-state index in [1.165, 1.54) is 0 Å². The van der Waals surface area contributed by atoms with Crippen molar-refractivity contribution in [1.29, 1.82) is 0 Å². The molecular weight excluding hydrogens is 306 g/mol. The Morgan fingerprint density at radius 3 is 3.12 bits per heavy atom. The molecule has 1 aliphatic heterocycles. The topological polar surface area (TPSA) is 89.8 Å². The van der Waals surface area contributed by atoms with E-state index < -0.39 is 0 Å². The first-order valence-corrected chi connectivity index (χ1v) is 8.09. The largest absolute Gasteiger partial charge is 0.478 e. The average molecular weight is 325 g/mol. The summed E-state index contributed by atoms with van der Waals surface area (Å²) in [5, 5.41) is 6.75. The second kappa shape index (κ2) is 6.40. The van der Waals surface area contributed by atoms with Crippen LogP contribution in [0, 0.1) is 0 Å². The lowest BCUT2D eigenvalue weighted by molar-refractivity contribution is 0.327. The van der Waals surface area contributed by atoms with Crippen molar-refractivity contribution in [3.63, 3.8) is 0 Å². The molecule has 0 saturated carbocycles. The van der Waals surface area contributed by atoms with E-state index in [4.69, 9.17) is 4.74 Å². The number of anilines is 1. The number of pyridine rings is 1. The van der Waals surface area contributed by atoms with Gasteiger partial charge >= 0.3 is 0 Å². The normalized spacial score (nSPS) is 17.3. The molecular formula is C16H19N7O. The fraction of sp³-hybridized carbons (Fsp3) is 0.375. The summed E-state index contributed by atoms with van der Waals surface area (Å²) in [6.07, 6.45) is 7.99. The molecule has 24 heavy (non-hydrogen) atoms. The van der Waals surface area contributed by atoms with Crippen molar-refractivity contribution in [2.24, 2.45) is 0 Å². The van der Waals surface area contributed by atoms with Crippen molar-refractivity contribution < 1.29 is 4.74 Å². The summed E-state index contributed by atoms with van der Waals surface area (Å²) in [5.74, 6) is 2.05. The molecule has 8 heteroatoms. The molecule has 0 aromatic carbocycles. The maximum atomic E-state index is 5.48. The number of rotatable bonds is 5. The Kier molecular flexibility index (Phi) is 3.96. The number of hydrogen-bond donors (Lipinski definition) is 2. The van der Waals surface area contributed by atoms with Gasteiger partial charge in [0.05, 0.1) is 30.7 Å². The van der Waals surface area contributed by atoms with E-state index in [9.17, 15) is 0 Å². The predicted molar refractivity (Wildman–Crippen MR) is 90.5 cm³/mol. The molecule has 1 saturated heterocycles. The summed E-state index contributed by atoms with van der Waals surface area (Å²) in [6, 6.07) is 2.26. The summed E-state index contributed by atoms with van der Waals surface area (Å²) in [4.78, 5) is 17.6. The van der Waals surface area contributed by atoms with Crippen LogP contribution in [-0.2, 0) is 0 Å². The number of ether oxygens (including phenoxy) is 1. The SMILES string of the molecule is CCOc1cc2c(cn1)ncn2-c1cncc(N[C@@H]2CCNC2)n1. The zero-order valence-corrected chi connectivity index (χ0v) is 13.4. The lowest BCUT2D eigenvalue weighted by Crippen LogP contribution is -2.23. The van der Waals surface area contributed by atoms with Crippen molar-refractivity contribution in [1.82, 2.24) is 29.8 Å². The Morgan fingerprint density at radius 1 is 1.33 bits per heavy atom. The molecule has 124 valence electrons. The van der Waals surface area contributed by atoms with Gasteiger partial charge in [0.25, 0.3) is 0 Å². The number of aromatic nitrogens is 5. The predicted octanol–water partition coefficient (Wildman–Crippen LogP) is 1.38. The quantitative estimate of drug-likeness (QED) is 0.732. The van der Waals surface area contributed by atoms with Crippen LogP contribution < -0.4 is 15.4 Å². The van der Waals surface area contributed by atoms with E-state index in [1.807, 2.05) is 17.6 Å². The van der Waals surface area contributed by atoms with Crippen LogP contribution in [-0.4, -0.2) is 50.2 Å². The van der Waals surface area contributed by atoms with E-state index >= 15 is 0 Å². The highest BCUT2D eigenvalue weighted by Gasteiger charge is 2.15. The lowest BCUT2D eigenvalue weighted by atomic mass is 10.3. The molecule has 0 spiro atoms. The molecule has 0 bridgehead atoms. The summed E-state index contributed by atoms with van der Waals surface area (Å²) < 4.78 is 7.37. The Balaban J connectivity index is 1.67. The summed E-state index contributed by atoms with van der Waals surface area (Å²) in [7, 11) is 0. The molecule has 0 aliphatic carbocycles. The Bertz CT molecular complexity index is 841. The number of nitrogens with one attached hydrogen (secondary N) is 2. The third-order valence-corrected chi connectivity index (χ3v) is 3.98. The van der Waals surface area contributed by atoms with Crippen LogP contribution in [0.3, 0.4) is 0 Å². The molecule has 0 unspecified atom stereocenters. The Hall–Kier alpha value is -2.74. The highest BCUT2D eigenvalue weighted by atomic mass is 16.5. The molecule has 3 aromatic heterocycles. The van der Waals surface area contributed by atoms with Gasteiger partial charge in [-0.3, -0.25) is 9.55 Å². The zero-order valence-electron chi connectivity index (χ0n) is 13.4. The van der Waals surface area contributed by atoms with E-state index in [0.29, 0.717) is 24.3 Å². The molecule has 1 atom stereocenters. The number of fused-ring (bicyclic) bond motifs is 1. The van der Waals surface area contributed by atoms with Gasteiger partial charge in [0.15, 0.2) is 5.82 Å². The van der Waals surface area contributed by atoms with Crippen LogP contribution in [0.5, 0.6) is 5.88 Å². The second-order valence-corrected chi connectivity index (χ2v) is 5.66. The summed E-state index contributed by atoms with van der Waals surface area (Å²) >= 11 is 0. The highest BCUT2D eigenvalue weighted by molar-refractivity contribution is 5.77. The minimum atomic E-state index is 0.392. The highest BCUT2D eigenvalue weighted by Crippen LogP contribution is 2.20. The second-order valence-electron chi connectivity index (χ2n) is 5.66. The van der Waals surface area contributed by atoms with Crippen LogP contribution in [0.4, 0.5) is 5.82 Å².